The smallest absolute Gasteiger partial charge is 0.138 e. The highest BCUT2D eigenvalue weighted by molar-refractivity contribution is 9.10. The maximum absolute atomic E-state index is 13.5. The van der Waals surface area contributed by atoms with Gasteiger partial charge in [0, 0.05) is 5.56 Å². The van der Waals surface area contributed by atoms with Crippen molar-refractivity contribution in [1.29, 1.82) is 0 Å². The molecular formula is C13H7BrFNS. The van der Waals surface area contributed by atoms with Crippen molar-refractivity contribution >= 4 is 37.5 Å². The van der Waals surface area contributed by atoms with Gasteiger partial charge in [-0.25, -0.2) is 9.37 Å². The molecule has 0 unspecified atom stereocenters. The molecule has 0 bridgehead atoms. The first-order valence-electron chi connectivity index (χ1n) is 5.05. The fraction of sp³-hybridized carbons (Fsp3) is 0. The van der Waals surface area contributed by atoms with Crippen molar-refractivity contribution < 1.29 is 4.39 Å². The van der Waals surface area contributed by atoms with E-state index in [2.05, 4.69) is 20.9 Å². The van der Waals surface area contributed by atoms with Crippen LogP contribution in [0.2, 0.25) is 0 Å². The molecule has 0 saturated heterocycles. The van der Waals surface area contributed by atoms with E-state index < -0.39 is 0 Å². The molecule has 0 aliphatic rings. The van der Waals surface area contributed by atoms with Gasteiger partial charge in [-0.2, -0.15) is 0 Å². The van der Waals surface area contributed by atoms with Gasteiger partial charge in [0.05, 0.1) is 14.7 Å². The molecule has 0 radical (unpaired) electrons. The Morgan fingerprint density at radius 2 is 1.94 bits per heavy atom. The molecule has 0 aliphatic heterocycles. The molecule has 0 spiro atoms. The molecule has 84 valence electrons. The third-order valence-corrected chi connectivity index (χ3v) is 4.19. The first kappa shape index (κ1) is 10.9. The Balaban J connectivity index is 2.17. The van der Waals surface area contributed by atoms with Crippen molar-refractivity contribution in [3.8, 4) is 10.6 Å². The van der Waals surface area contributed by atoms with Gasteiger partial charge in [0.25, 0.3) is 0 Å². The third kappa shape index (κ3) is 1.98. The average molecular weight is 308 g/mol. The molecule has 17 heavy (non-hydrogen) atoms. The van der Waals surface area contributed by atoms with Gasteiger partial charge in [0.1, 0.15) is 10.8 Å². The minimum atomic E-state index is -0.262. The number of para-hydroxylation sites is 1. The van der Waals surface area contributed by atoms with Gasteiger partial charge < -0.3 is 0 Å². The van der Waals surface area contributed by atoms with Gasteiger partial charge in [-0.3, -0.25) is 0 Å². The van der Waals surface area contributed by atoms with Gasteiger partial charge in [-0.15, -0.1) is 11.3 Å². The number of halogens is 2. The van der Waals surface area contributed by atoms with E-state index in [0.29, 0.717) is 4.47 Å². The lowest BCUT2D eigenvalue weighted by molar-refractivity contribution is 0.621. The van der Waals surface area contributed by atoms with Gasteiger partial charge >= 0.3 is 0 Å². The van der Waals surface area contributed by atoms with Crippen molar-refractivity contribution in [2.75, 3.05) is 0 Å². The molecule has 1 aromatic heterocycles. The van der Waals surface area contributed by atoms with Crippen LogP contribution in [0.1, 0.15) is 0 Å². The van der Waals surface area contributed by atoms with E-state index in [-0.39, 0.29) is 5.82 Å². The Labute approximate surface area is 110 Å². The van der Waals surface area contributed by atoms with E-state index in [1.807, 2.05) is 30.3 Å². The molecule has 0 atom stereocenters. The zero-order chi connectivity index (χ0) is 11.8. The highest BCUT2D eigenvalue weighted by atomic mass is 79.9. The van der Waals surface area contributed by atoms with E-state index >= 15 is 0 Å². The highest BCUT2D eigenvalue weighted by Gasteiger charge is 2.07. The Morgan fingerprint density at radius 3 is 2.71 bits per heavy atom. The Morgan fingerprint density at radius 1 is 1.12 bits per heavy atom. The third-order valence-electron chi connectivity index (χ3n) is 2.46. The second-order valence-corrected chi connectivity index (χ2v) is 5.50. The lowest BCUT2D eigenvalue weighted by Gasteiger charge is -1.97. The summed E-state index contributed by atoms with van der Waals surface area (Å²) in [5.41, 5.74) is 1.77. The summed E-state index contributed by atoms with van der Waals surface area (Å²) in [5.74, 6) is -0.262. The topological polar surface area (TPSA) is 12.9 Å². The second kappa shape index (κ2) is 4.20. The van der Waals surface area contributed by atoms with Gasteiger partial charge in [0.15, 0.2) is 0 Å². The van der Waals surface area contributed by atoms with Crippen LogP contribution in [0.4, 0.5) is 4.39 Å². The van der Waals surface area contributed by atoms with E-state index in [1.54, 1.807) is 17.4 Å². The molecule has 4 heteroatoms. The minimum absolute atomic E-state index is 0.262. The predicted octanol–water partition coefficient (Wildman–Crippen LogP) is 4.86. The highest BCUT2D eigenvalue weighted by Crippen LogP contribution is 2.31. The Bertz CT molecular complexity index is 660. The summed E-state index contributed by atoms with van der Waals surface area (Å²) in [7, 11) is 0. The summed E-state index contributed by atoms with van der Waals surface area (Å²) in [6.45, 7) is 0. The summed E-state index contributed by atoms with van der Waals surface area (Å²) in [6, 6.07) is 13.0. The van der Waals surface area contributed by atoms with E-state index in [4.69, 9.17) is 0 Å². The van der Waals surface area contributed by atoms with E-state index in [1.165, 1.54) is 6.07 Å². The number of thiazole rings is 1. The van der Waals surface area contributed by atoms with Crippen LogP contribution >= 0.6 is 27.3 Å². The van der Waals surface area contributed by atoms with Crippen LogP contribution in [0.3, 0.4) is 0 Å². The molecule has 2 aromatic carbocycles. The largest absolute Gasteiger partial charge is 0.236 e. The van der Waals surface area contributed by atoms with Crippen LogP contribution < -0.4 is 0 Å². The Hall–Kier alpha value is -1.26. The summed E-state index contributed by atoms with van der Waals surface area (Å²) in [5, 5.41) is 0.845. The van der Waals surface area contributed by atoms with Crippen molar-refractivity contribution in [2.24, 2.45) is 0 Å². The molecule has 1 heterocycles. The lowest BCUT2D eigenvalue weighted by atomic mass is 10.2. The monoisotopic (exact) mass is 307 g/mol. The van der Waals surface area contributed by atoms with Crippen LogP contribution in [0.15, 0.2) is 46.9 Å². The number of hydrogen-bond donors (Lipinski definition) is 0. The van der Waals surface area contributed by atoms with Gasteiger partial charge in [-0.1, -0.05) is 18.2 Å². The quantitative estimate of drug-likeness (QED) is 0.625. The van der Waals surface area contributed by atoms with Crippen molar-refractivity contribution in [2.45, 2.75) is 0 Å². The number of benzene rings is 2. The zero-order valence-corrected chi connectivity index (χ0v) is 11.1. The molecule has 0 saturated carbocycles. The van der Waals surface area contributed by atoms with Crippen LogP contribution in [0.5, 0.6) is 0 Å². The first-order chi connectivity index (χ1) is 8.24. The van der Waals surface area contributed by atoms with Crippen molar-refractivity contribution in [1.82, 2.24) is 4.98 Å². The average Bonchev–Trinajstić information content (AvgIpc) is 2.76. The van der Waals surface area contributed by atoms with E-state index in [9.17, 15) is 4.39 Å². The van der Waals surface area contributed by atoms with Crippen LogP contribution in [0.25, 0.3) is 20.8 Å². The molecule has 0 fully saturated rings. The molecule has 3 rings (SSSR count). The van der Waals surface area contributed by atoms with Gasteiger partial charge in [0.2, 0.25) is 0 Å². The summed E-state index contributed by atoms with van der Waals surface area (Å²) >= 11 is 4.72. The SMILES string of the molecule is Fc1cc(-c2nc3ccccc3s2)ccc1Br. The van der Waals surface area contributed by atoms with Crippen molar-refractivity contribution in [3.63, 3.8) is 0 Å². The van der Waals surface area contributed by atoms with Crippen LogP contribution in [-0.2, 0) is 0 Å². The second-order valence-electron chi connectivity index (χ2n) is 3.62. The molecular weight excluding hydrogens is 301 g/mol. The van der Waals surface area contributed by atoms with Crippen LogP contribution in [0, 0.1) is 5.82 Å². The summed E-state index contributed by atoms with van der Waals surface area (Å²) < 4.78 is 15.0. The number of rotatable bonds is 1. The van der Waals surface area contributed by atoms with Crippen LogP contribution in [-0.4, -0.2) is 4.98 Å². The lowest BCUT2D eigenvalue weighted by Crippen LogP contribution is -1.80. The Kier molecular flexibility index (Phi) is 2.68. The number of fused-ring (bicyclic) bond motifs is 1. The standard InChI is InChI=1S/C13H7BrFNS/c14-9-6-5-8(7-10(9)15)13-16-11-3-1-2-4-12(11)17-13/h1-7H. The number of hydrogen-bond acceptors (Lipinski definition) is 2. The molecule has 0 N–H and O–H groups in total. The maximum Gasteiger partial charge on any atom is 0.138 e. The molecule has 1 nitrogen and oxygen atoms in total. The maximum atomic E-state index is 13.5. The summed E-state index contributed by atoms with van der Waals surface area (Å²) in [6.07, 6.45) is 0. The molecule has 0 aliphatic carbocycles. The minimum Gasteiger partial charge on any atom is -0.236 e. The first-order valence-corrected chi connectivity index (χ1v) is 6.66. The zero-order valence-electron chi connectivity index (χ0n) is 8.65. The predicted molar refractivity (Wildman–Crippen MR) is 72.7 cm³/mol. The van der Waals surface area contributed by atoms with E-state index in [0.717, 1.165) is 20.8 Å². The van der Waals surface area contributed by atoms with Gasteiger partial charge in [-0.05, 0) is 40.2 Å². The number of nitrogens with zero attached hydrogens (tertiary/aromatic N) is 1. The van der Waals surface area contributed by atoms with Crippen molar-refractivity contribution in [3.05, 3.63) is 52.8 Å². The summed E-state index contributed by atoms with van der Waals surface area (Å²) in [4.78, 5) is 4.49. The fourth-order valence-electron chi connectivity index (χ4n) is 1.62. The fourth-order valence-corrected chi connectivity index (χ4v) is 2.83. The number of aromatic nitrogens is 1. The molecule has 3 aromatic rings. The normalized spacial score (nSPS) is 10.9. The molecule has 0 amide bonds.